The van der Waals surface area contributed by atoms with E-state index < -0.39 is 12.0 Å². The first-order valence-corrected chi connectivity index (χ1v) is 4.22. The number of hydrogen-bond acceptors (Lipinski definition) is 4. The van der Waals surface area contributed by atoms with E-state index in [-0.39, 0.29) is 6.54 Å². The molecule has 1 rings (SSSR count). The second kappa shape index (κ2) is 4.57. The Balaban J connectivity index is 2.59. The Bertz CT molecular complexity index is 302. The van der Waals surface area contributed by atoms with Gasteiger partial charge in [0.15, 0.2) is 0 Å². The highest BCUT2D eigenvalue weighted by molar-refractivity contribution is 5.74. The maximum Gasteiger partial charge on any atom is 0.322 e. The van der Waals surface area contributed by atoms with E-state index in [4.69, 9.17) is 10.8 Å². The molecule has 0 saturated carbocycles. The van der Waals surface area contributed by atoms with Crippen molar-refractivity contribution in [1.29, 1.82) is 0 Å². The first-order valence-electron chi connectivity index (χ1n) is 4.22. The number of aromatic nitrogens is 1. The molecule has 0 radical (unpaired) electrons. The smallest absolute Gasteiger partial charge is 0.322 e. The highest BCUT2D eigenvalue weighted by Crippen LogP contribution is 2.06. The summed E-state index contributed by atoms with van der Waals surface area (Å²) < 4.78 is 0. The molecule has 1 atom stereocenters. The summed E-state index contributed by atoms with van der Waals surface area (Å²) in [4.78, 5) is 16.3. The van der Waals surface area contributed by atoms with E-state index in [9.17, 15) is 4.79 Å². The summed E-state index contributed by atoms with van der Waals surface area (Å²) in [5.41, 5.74) is 5.39. The number of anilines is 1. The van der Waals surface area contributed by atoms with Crippen molar-refractivity contribution >= 4 is 11.8 Å². The van der Waals surface area contributed by atoms with Crippen LogP contribution in [0, 0.1) is 0 Å². The van der Waals surface area contributed by atoms with E-state index in [1.54, 1.807) is 30.3 Å². The maximum absolute atomic E-state index is 10.5. The monoisotopic (exact) mass is 195 g/mol. The lowest BCUT2D eigenvalue weighted by Crippen LogP contribution is -2.41. The number of carboxylic acid groups (broad SMARTS) is 1. The van der Waals surface area contributed by atoms with Crippen LogP contribution < -0.4 is 10.6 Å². The van der Waals surface area contributed by atoms with Crippen molar-refractivity contribution in [3.63, 3.8) is 0 Å². The number of aliphatic carboxylic acids is 1. The third-order valence-corrected chi connectivity index (χ3v) is 1.83. The number of hydrogen-bond donors (Lipinski definition) is 2. The van der Waals surface area contributed by atoms with Gasteiger partial charge in [-0.1, -0.05) is 6.07 Å². The Morgan fingerprint density at radius 3 is 2.93 bits per heavy atom. The molecule has 0 aliphatic heterocycles. The lowest BCUT2D eigenvalue weighted by Gasteiger charge is -2.19. The van der Waals surface area contributed by atoms with Crippen molar-refractivity contribution in [2.24, 2.45) is 5.73 Å². The van der Waals surface area contributed by atoms with Gasteiger partial charge in [-0.25, -0.2) is 4.98 Å². The maximum atomic E-state index is 10.5. The highest BCUT2D eigenvalue weighted by atomic mass is 16.4. The van der Waals surface area contributed by atoms with Crippen LogP contribution in [0.3, 0.4) is 0 Å². The number of nitrogens with two attached hydrogens (primary N) is 1. The minimum absolute atomic E-state index is 0.242. The zero-order valence-corrected chi connectivity index (χ0v) is 7.92. The molecule has 0 saturated heterocycles. The SMILES string of the molecule is CN(C[C@H](N)C(=O)O)c1ccccn1. The van der Waals surface area contributed by atoms with Crippen LogP contribution >= 0.6 is 0 Å². The summed E-state index contributed by atoms with van der Waals surface area (Å²) in [5.74, 6) is -0.294. The minimum atomic E-state index is -1.01. The highest BCUT2D eigenvalue weighted by Gasteiger charge is 2.14. The summed E-state index contributed by atoms with van der Waals surface area (Å²) in [6.45, 7) is 0.242. The molecule has 3 N–H and O–H groups in total. The molecule has 1 aromatic rings. The van der Waals surface area contributed by atoms with Gasteiger partial charge in [-0.2, -0.15) is 0 Å². The molecule has 1 heterocycles. The average molecular weight is 195 g/mol. The largest absolute Gasteiger partial charge is 0.480 e. The molecule has 0 bridgehead atoms. The molecule has 0 aliphatic rings. The van der Waals surface area contributed by atoms with Gasteiger partial charge in [-0.15, -0.1) is 0 Å². The predicted octanol–water partition coefficient (Wildman–Crippen LogP) is -0.0703. The normalized spacial score (nSPS) is 12.1. The van der Waals surface area contributed by atoms with E-state index in [0.29, 0.717) is 5.82 Å². The number of carboxylic acids is 1. The first kappa shape index (κ1) is 10.5. The molecular weight excluding hydrogens is 182 g/mol. The van der Waals surface area contributed by atoms with Gasteiger partial charge in [0.1, 0.15) is 11.9 Å². The fraction of sp³-hybridized carbons (Fsp3) is 0.333. The lowest BCUT2D eigenvalue weighted by molar-refractivity contribution is -0.138. The van der Waals surface area contributed by atoms with Crippen LogP contribution in [-0.2, 0) is 4.79 Å². The number of likely N-dealkylation sites (N-methyl/N-ethyl adjacent to an activating group) is 1. The summed E-state index contributed by atoms with van der Waals surface area (Å²) in [5, 5.41) is 8.61. The first-order chi connectivity index (χ1) is 6.61. The van der Waals surface area contributed by atoms with Gasteiger partial charge < -0.3 is 15.7 Å². The number of pyridine rings is 1. The molecule has 0 aromatic carbocycles. The van der Waals surface area contributed by atoms with Crippen LogP contribution in [0.4, 0.5) is 5.82 Å². The van der Waals surface area contributed by atoms with Crippen LogP contribution in [0.5, 0.6) is 0 Å². The molecule has 76 valence electrons. The van der Waals surface area contributed by atoms with Crippen molar-refractivity contribution in [3.05, 3.63) is 24.4 Å². The quantitative estimate of drug-likeness (QED) is 0.703. The minimum Gasteiger partial charge on any atom is -0.480 e. The summed E-state index contributed by atoms with van der Waals surface area (Å²) >= 11 is 0. The van der Waals surface area contributed by atoms with Gasteiger partial charge in [0.05, 0.1) is 0 Å². The van der Waals surface area contributed by atoms with E-state index in [1.165, 1.54) is 0 Å². The number of carbonyl (C=O) groups is 1. The Labute approximate surface area is 82.2 Å². The van der Waals surface area contributed by atoms with E-state index >= 15 is 0 Å². The Morgan fingerprint density at radius 1 is 1.71 bits per heavy atom. The predicted molar refractivity (Wildman–Crippen MR) is 53.1 cm³/mol. The van der Waals surface area contributed by atoms with Crippen molar-refractivity contribution < 1.29 is 9.90 Å². The van der Waals surface area contributed by atoms with Crippen LogP contribution in [0.1, 0.15) is 0 Å². The summed E-state index contributed by atoms with van der Waals surface area (Å²) in [7, 11) is 1.76. The Morgan fingerprint density at radius 2 is 2.43 bits per heavy atom. The molecule has 0 amide bonds. The van der Waals surface area contributed by atoms with Gasteiger partial charge in [-0.05, 0) is 12.1 Å². The van der Waals surface area contributed by atoms with Gasteiger partial charge in [0.2, 0.25) is 0 Å². The van der Waals surface area contributed by atoms with Gasteiger partial charge in [0, 0.05) is 19.8 Å². The lowest BCUT2D eigenvalue weighted by atomic mass is 10.3. The van der Waals surface area contributed by atoms with Crippen LogP contribution in [0.25, 0.3) is 0 Å². The van der Waals surface area contributed by atoms with Gasteiger partial charge in [-0.3, -0.25) is 4.79 Å². The number of rotatable bonds is 4. The summed E-state index contributed by atoms with van der Waals surface area (Å²) in [6, 6.07) is 4.55. The van der Waals surface area contributed by atoms with Crippen LogP contribution in [0.15, 0.2) is 24.4 Å². The Hall–Kier alpha value is -1.62. The fourth-order valence-corrected chi connectivity index (χ4v) is 1.05. The van der Waals surface area contributed by atoms with Crippen LogP contribution in [0.2, 0.25) is 0 Å². The average Bonchev–Trinajstić information content (AvgIpc) is 2.19. The van der Waals surface area contributed by atoms with Crippen molar-refractivity contribution in [2.45, 2.75) is 6.04 Å². The molecule has 0 spiro atoms. The molecule has 14 heavy (non-hydrogen) atoms. The zero-order valence-electron chi connectivity index (χ0n) is 7.92. The fourth-order valence-electron chi connectivity index (χ4n) is 1.05. The summed E-state index contributed by atoms with van der Waals surface area (Å²) in [6.07, 6.45) is 1.65. The molecule has 0 unspecified atom stereocenters. The standard InChI is InChI=1S/C9H13N3O2/c1-12(6-7(10)9(13)14)8-4-2-3-5-11-8/h2-5,7H,6,10H2,1H3,(H,13,14)/t7-/m0/s1. The molecule has 5 nitrogen and oxygen atoms in total. The van der Waals surface area contributed by atoms with E-state index in [0.717, 1.165) is 0 Å². The van der Waals surface area contributed by atoms with Crippen molar-refractivity contribution in [2.75, 3.05) is 18.5 Å². The van der Waals surface area contributed by atoms with Crippen molar-refractivity contribution in [3.8, 4) is 0 Å². The van der Waals surface area contributed by atoms with Crippen LogP contribution in [-0.4, -0.2) is 35.7 Å². The van der Waals surface area contributed by atoms with Gasteiger partial charge >= 0.3 is 5.97 Å². The molecule has 0 aliphatic carbocycles. The third kappa shape index (κ3) is 2.70. The zero-order chi connectivity index (χ0) is 10.6. The topological polar surface area (TPSA) is 79.5 Å². The third-order valence-electron chi connectivity index (χ3n) is 1.83. The van der Waals surface area contributed by atoms with Gasteiger partial charge in [0.25, 0.3) is 0 Å². The molecular formula is C9H13N3O2. The second-order valence-electron chi connectivity index (χ2n) is 3.01. The number of nitrogens with zero attached hydrogens (tertiary/aromatic N) is 2. The molecule has 1 aromatic heterocycles. The van der Waals surface area contributed by atoms with Crippen molar-refractivity contribution in [1.82, 2.24) is 4.98 Å². The molecule has 0 fully saturated rings. The van der Waals surface area contributed by atoms with E-state index in [1.807, 2.05) is 6.07 Å². The van der Waals surface area contributed by atoms with E-state index in [2.05, 4.69) is 4.98 Å². The Kier molecular flexibility index (Phi) is 3.41. The second-order valence-corrected chi connectivity index (χ2v) is 3.01. The molecule has 5 heteroatoms.